The van der Waals surface area contributed by atoms with E-state index in [0.29, 0.717) is 0 Å². The van der Waals surface area contributed by atoms with Crippen LogP contribution in [-0.4, -0.2) is 4.98 Å². The second kappa shape index (κ2) is 2.58. The first-order valence-corrected chi connectivity index (χ1v) is 4.67. The Bertz CT molecular complexity index is 536. The smallest absolute Gasteiger partial charge is 0.0468 e. The molecule has 2 heterocycles. The van der Waals surface area contributed by atoms with Crippen molar-refractivity contribution in [1.82, 2.24) is 4.98 Å². The van der Waals surface area contributed by atoms with Gasteiger partial charge in [0.1, 0.15) is 0 Å². The molecule has 0 saturated heterocycles. The summed E-state index contributed by atoms with van der Waals surface area (Å²) < 4.78 is 0. The van der Waals surface area contributed by atoms with Gasteiger partial charge in [-0.1, -0.05) is 12.1 Å². The molecule has 1 aliphatic heterocycles. The van der Waals surface area contributed by atoms with E-state index in [9.17, 15) is 0 Å². The lowest BCUT2D eigenvalue weighted by atomic mass is 10.0. The summed E-state index contributed by atoms with van der Waals surface area (Å²) in [5.41, 5.74) is 3.55. The lowest BCUT2D eigenvalue weighted by Gasteiger charge is -2.16. The van der Waals surface area contributed by atoms with Crippen LogP contribution < -0.4 is 5.32 Å². The number of pyridine rings is 1. The van der Waals surface area contributed by atoms with Crippen LogP contribution in [0.1, 0.15) is 12.5 Å². The second-order valence-electron chi connectivity index (χ2n) is 3.58. The molecule has 2 aromatic rings. The van der Waals surface area contributed by atoms with Crippen molar-refractivity contribution in [1.29, 1.82) is 0 Å². The summed E-state index contributed by atoms with van der Waals surface area (Å²) in [7, 11) is 0. The van der Waals surface area contributed by atoms with Gasteiger partial charge in [-0.15, -0.1) is 0 Å². The Morgan fingerprint density at radius 1 is 1.21 bits per heavy atom. The maximum Gasteiger partial charge on any atom is 0.0468 e. The fraction of sp³-hybridized carbons (Fsp3) is 0.0833. The molecule has 1 aliphatic rings. The molecule has 2 nitrogen and oxygen atoms in total. The summed E-state index contributed by atoms with van der Waals surface area (Å²) in [4.78, 5) is 4.22. The van der Waals surface area contributed by atoms with E-state index in [1.165, 1.54) is 22.0 Å². The van der Waals surface area contributed by atoms with Gasteiger partial charge in [-0.05, 0) is 19.1 Å². The van der Waals surface area contributed by atoms with Crippen LogP contribution in [0, 0.1) is 0 Å². The normalized spacial score (nSPS) is 13.6. The number of hydrogen-bond acceptors (Lipinski definition) is 2. The van der Waals surface area contributed by atoms with E-state index in [4.69, 9.17) is 0 Å². The van der Waals surface area contributed by atoms with Gasteiger partial charge in [0.15, 0.2) is 0 Å². The van der Waals surface area contributed by atoms with E-state index in [-0.39, 0.29) is 0 Å². The topological polar surface area (TPSA) is 24.9 Å². The highest BCUT2D eigenvalue weighted by Crippen LogP contribution is 2.31. The Hall–Kier alpha value is -1.83. The highest BCUT2D eigenvalue weighted by Gasteiger charge is 2.09. The minimum absolute atomic E-state index is 1.16. The summed E-state index contributed by atoms with van der Waals surface area (Å²) in [6, 6.07) is 6.24. The van der Waals surface area contributed by atoms with Gasteiger partial charge in [0.25, 0.3) is 0 Å². The third-order valence-electron chi connectivity index (χ3n) is 2.52. The maximum atomic E-state index is 4.22. The average Bonchev–Trinajstić information content (AvgIpc) is 2.18. The lowest BCUT2D eigenvalue weighted by Crippen LogP contribution is -2.01. The first-order valence-electron chi connectivity index (χ1n) is 4.67. The van der Waals surface area contributed by atoms with Crippen LogP contribution in [0.4, 0.5) is 5.69 Å². The molecule has 0 atom stereocenters. The fourth-order valence-electron chi connectivity index (χ4n) is 1.96. The van der Waals surface area contributed by atoms with E-state index in [1.807, 2.05) is 12.4 Å². The maximum absolute atomic E-state index is 4.22. The third kappa shape index (κ3) is 0.940. The molecule has 0 radical (unpaired) electrons. The Morgan fingerprint density at radius 2 is 2.14 bits per heavy atom. The molecule has 68 valence electrons. The molecule has 2 heteroatoms. The van der Waals surface area contributed by atoms with Gasteiger partial charge in [0.2, 0.25) is 0 Å². The summed E-state index contributed by atoms with van der Waals surface area (Å²) in [5.74, 6) is 0. The molecule has 1 aromatic carbocycles. The van der Waals surface area contributed by atoms with Crippen molar-refractivity contribution in [3.63, 3.8) is 0 Å². The van der Waals surface area contributed by atoms with E-state index in [1.54, 1.807) is 0 Å². The number of nitrogens with zero attached hydrogens (tertiary/aromatic N) is 1. The molecule has 0 unspecified atom stereocenters. The van der Waals surface area contributed by atoms with Crippen LogP contribution in [0.25, 0.3) is 16.8 Å². The number of benzene rings is 1. The Kier molecular flexibility index (Phi) is 1.39. The van der Waals surface area contributed by atoms with Crippen LogP contribution in [0.5, 0.6) is 0 Å². The molecular formula is C12H10N2. The van der Waals surface area contributed by atoms with Crippen LogP contribution in [0.15, 0.2) is 36.3 Å². The van der Waals surface area contributed by atoms with E-state index in [0.717, 1.165) is 5.70 Å². The number of aromatic nitrogens is 1. The lowest BCUT2D eigenvalue weighted by molar-refractivity contribution is 1.32. The zero-order valence-corrected chi connectivity index (χ0v) is 7.91. The molecule has 0 aliphatic carbocycles. The summed E-state index contributed by atoms with van der Waals surface area (Å²) in [5, 5.41) is 5.82. The van der Waals surface area contributed by atoms with Gasteiger partial charge in [-0.2, -0.15) is 0 Å². The Morgan fingerprint density at radius 3 is 3.07 bits per heavy atom. The molecule has 3 rings (SSSR count). The quantitative estimate of drug-likeness (QED) is 0.677. The fourth-order valence-corrected chi connectivity index (χ4v) is 1.96. The van der Waals surface area contributed by atoms with Gasteiger partial charge >= 0.3 is 0 Å². The molecule has 1 aromatic heterocycles. The van der Waals surface area contributed by atoms with Crippen LogP contribution in [-0.2, 0) is 0 Å². The van der Waals surface area contributed by atoms with E-state index in [2.05, 4.69) is 41.5 Å². The summed E-state index contributed by atoms with van der Waals surface area (Å²) in [6.45, 7) is 2.06. The largest absolute Gasteiger partial charge is 0.359 e. The summed E-state index contributed by atoms with van der Waals surface area (Å²) in [6.07, 6.45) is 5.94. The van der Waals surface area contributed by atoms with Crippen molar-refractivity contribution in [2.45, 2.75) is 6.92 Å². The van der Waals surface area contributed by atoms with Crippen molar-refractivity contribution >= 4 is 22.5 Å². The van der Waals surface area contributed by atoms with E-state index >= 15 is 0 Å². The molecule has 0 saturated carbocycles. The monoisotopic (exact) mass is 182 g/mol. The van der Waals surface area contributed by atoms with Crippen LogP contribution >= 0.6 is 0 Å². The minimum atomic E-state index is 1.16. The SMILES string of the molecule is CC1=Cc2cncc3cccc(c23)N1. The van der Waals surface area contributed by atoms with Crippen LogP contribution in [0.3, 0.4) is 0 Å². The van der Waals surface area contributed by atoms with Crippen LogP contribution in [0.2, 0.25) is 0 Å². The molecule has 0 bridgehead atoms. The standard InChI is InChI=1S/C12H10N2/c1-8-5-10-7-13-6-9-3-2-4-11(14-8)12(9)10/h2-7,14H,1H3. The second-order valence-corrected chi connectivity index (χ2v) is 3.58. The molecule has 0 fully saturated rings. The highest BCUT2D eigenvalue weighted by molar-refractivity contribution is 6.02. The highest BCUT2D eigenvalue weighted by atomic mass is 14.9. The van der Waals surface area contributed by atoms with Gasteiger partial charge in [-0.3, -0.25) is 4.98 Å². The average molecular weight is 182 g/mol. The first-order chi connectivity index (χ1) is 6.84. The third-order valence-corrected chi connectivity index (χ3v) is 2.52. The van der Waals surface area contributed by atoms with E-state index < -0.39 is 0 Å². The Balaban J connectivity index is 2.50. The molecule has 0 spiro atoms. The van der Waals surface area contributed by atoms with Crippen molar-refractivity contribution < 1.29 is 0 Å². The molecule has 0 amide bonds. The predicted molar refractivity (Wildman–Crippen MR) is 59.0 cm³/mol. The van der Waals surface area contributed by atoms with Crippen molar-refractivity contribution in [2.24, 2.45) is 0 Å². The van der Waals surface area contributed by atoms with Crippen molar-refractivity contribution in [3.05, 3.63) is 41.9 Å². The Labute approximate surface area is 82.3 Å². The molecular weight excluding hydrogens is 172 g/mol. The minimum Gasteiger partial charge on any atom is -0.359 e. The zero-order chi connectivity index (χ0) is 9.54. The number of rotatable bonds is 0. The number of hydrogen-bond donors (Lipinski definition) is 1. The molecule has 14 heavy (non-hydrogen) atoms. The number of allylic oxidation sites excluding steroid dienone is 1. The zero-order valence-electron chi connectivity index (χ0n) is 7.91. The van der Waals surface area contributed by atoms with Gasteiger partial charge in [-0.25, -0.2) is 0 Å². The van der Waals surface area contributed by atoms with Crippen molar-refractivity contribution in [2.75, 3.05) is 5.32 Å². The van der Waals surface area contributed by atoms with Gasteiger partial charge in [0.05, 0.1) is 0 Å². The van der Waals surface area contributed by atoms with Gasteiger partial charge < -0.3 is 5.32 Å². The van der Waals surface area contributed by atoms with Crippen molar-refractivity contribution in [3.8, 4) is 0 Å². The summed E-state index contributed by atoms with van der Waals surface area (Å²) >= 11 is 0. The first kappa shape index (κ1) is 7.56. The molecule has 1 N–H and O–H groups in total. The number of nitrogens with one attached hydrogen (secondary N) is 1. The predicted octanol–water partition coefficient (Wildman–Crippen LogP) is 3.02. The number of anilines is 1. The van der Waals surface area contributed by atoms with Gasteiger partial charge in [0, 0.05) is 40.1 Å².